The largest absolute Gasteiger partial charge is 0.465 e. The molecule has 0 radical (unpaired) electrons. The van der Waals surface area contributed by atoms with Crippen molar-refractivity contribution in [2.75, 3.05) is 7.11 Å². The molecule has 0 amide bonds. The Morgan fingerprint density at radius 2 is 2.27 bits per heavy atom. The smallest absolute Gasteiger partial charge is 0.337 e. The molecule has 0 N–H and O–H groups in total. The monoisotopic (exact) mass is 241 g/mol. The first kappa shape index (κ1) is 10.4. The number of aromatic nitrogens is 1. The van der Waals surface area contributed by atoms with Crippen molar-refractivity contribution in [1.29, 1.82) is 0 Å². The van der Waals surface area contributed by atoms with Gasteiger partial charge in [0.15, 0.2) is 4.47 Å². The van der Waals surface area contributed by atoms with E-state index in [4.69, 9.17) is 11.6 Å². The fourth-order valence-electron chi connectivity index (χ4n) is 1.41. The third-order valence-electron chi connectivity index (χ3n) is 2.08. The molecule has 0 saturated carbocycles. The topological polar surface area (TPSA) is 39.2 Å². The number of hydrogen-bond donors (Lipinski definition) is 0. The lowest BCUT2D eigenvalue weighted by molar-refractivity contribution is 0.0601. The van der Waals surface area contributed by atoms with E-state index in [-0.39, 0.29) is 5.97 Å². The molecule has 3 nitrogen and oxygen atoms in total. The van der Waals surface area contributed by atoms with E-state index in [0.717, 1.165) is 15.8 Å². The second-order valence-electron chi connectivity index (χ2n) is 3.10. The van der Waals surface area contributed by atoms with Crippen LogP contribution in [0.3, 0.4) is 0 Å². The Morgan fingerprint density at radius 3 is 2.93 bits per heavy atom. The molecule has 0 aliphatic carbocycles. The number of ether oxygens (including phenoxy) is 1. The van der Waals surface area contributed by atoms with Crippen LogP contribution in [0.5, 0.6) is 0 Å². The summed E-state index contributed by atoms with van der Waals surface area (Å²) in [6.07, 6.45) is 0. The van der Waals surface area contributed by atoms with E-state index in [1.165, 1.54) is 18.4 Å². The Balaban J connectivity index is 2.66. The van der Waals surface area contributed by atoms with Crippen LogP contribution in [0.15, 0.2) is 12.1 Å². The quantitative estimate of drug-likeness (QED) is 0.721. The van der Waals surface area contributed by atoms with Crippen LogP contribution >= 0.6 is 22.9 Å². The average molecular weight is 242 g/mol. The van der Waals surface area contributed by atoms with Crippen LogP contribution in [0, 0.1) is 6.92 Å². The van der Waals surface area contributed by atoms with Gasteiger partial charge in [-0.1, -0.05) is 11.6 Å². The van der Waals surface area contributed by atoms with E-state index in [0.29, 0.717) is 10.0 Å². The molecule has 2 aromatic rings. The van der Waals surface area contributed by atoms with Gasteiger partial charge < -0.3 is 4.74 Å². The highest BCUT2D eigenvalue weighted by atomic mass is 35.5. The minimum Gasteiger partial charge on any atom is -0.465 e. The molecule has 1 heterocycles. The first-order valence-electron chi connectivity index (χ1n) is 4.27. The van der Waals surface area contributed by atoms with Gasteiger partial charge in [-0.3, -0.25) is 0 Å². The van der Waals surface area contributed by atoms with Crippen molar-refractivity contribution in [3.8, 4) is 0 Å². The molecule has 0 aliphatic heterocycles. The first-order chi connectivity index (χ1) is 7.11. The number of benzene rings is 1. The van der Waals surface area contributed by atoms with Crippen LogP contribution in [-0.2, 0) is 4.74 Å². The van der Waals surface area contributed by atoms with Crippen LogP contribution in [0.1, 0.15) is 15.9 Å². The van der Waals surface area contributed by atoms with Crippen molar-refractivity contribution < 1.29 is 9.53 Å². The summed E-state index contributed by atoms with van der Waals surface area (Å²) in [7, 11) is 1.36. The maximum Gasteiger partial charge on any atom is 0.337 e. The van der Waals surface area contributed by atoms with Crippen LogP contribution in [0.25, 0.3) is 10.2 Å². The number of esters is 1. The molecule has 1 aromatic heterocycles. The van der Waals surface area contributed by atoms with Crippen LogP contribution in [0.2, 0.25) is 4.47 Å². The molecule has 0 spiro atoms. The average Bonchev–Trinajstić information content (AvgIpc) is 2.58. The molecule has 1 aromatic carbocycles. The molecular formula is C10H8ClNO2S. The Labute approximate surface area is 95.6 Å². The van der Waals surface area contributed by atoms with Gasteiger partial charge in [0.05, 0.1) is 22.9 Å². The summed E-state index contributed by atoms with van der Waals surface area (Å²) in [5, 5.41) is 0. The second-order valence-corrected chi connectivity index (χ2v) is 4.71. The third kappa shape index (κ3) is 1.82. The normalized spacial score (nSPS) is 10.6. The zero-order valence-corrected chi connectivity index (χ0v) is 9.78. The highest BCUT2D eigenvalue weighted by Gasteiger charge is 2.11. The van der Waals surface area contributed by atoms with Gasteiger partial charge in [0.1, 0.15) is 0 Å². The Bertz CT molecular complexity index is 535. The Morgan fingerprint density at radius 1 is 1.53 bits per heavy atom. The molecule has 0 fully saturated rings. The second kappa shape index (κ2) is 3.79. The number of hydrogen-bond acceptors (Lipinski definition) is 4. The maximum atomic E-state index is 11.3. The zero-order chi connectivity index (χ0) is 11.0. The van der Waals surface area contributed by atoms with Crippen molar-refractivity contribution in [1.82, 2.24) is 4.98 Å². The molecule has 0 saturated heterocycles. The minimum atomic E-state index is -0.343. The van der Waals surface area contributed by atoms with Gasteiger partial charge in [0, 0.05) is 0 Å². The summed E-state index contributed by atoms with van der Waals surface area (Å²) in [6, 6.07) is 3.50. The van der Waals surface area contributed by atoms with Gasteiger partial charge in [0.25, 0.3) is 0 Å². The van der Waals surface area contributed by atoms with Crippen LogP contribution in [0.4, 0.5) is 0 Å². The third-order valence-corrected chi connectivity index (χ3v) is 3.19. The summed E-state index contributed by atoms with van der Waals surface area (Å²) >= 11 is 7.17. The number of aryl methyl sites for hydroxylation is 1. The van der Waals surface area contributed by atoms with Crippen molar-refractivity contribution in [3.05, 3.63) is 27.7 Å². The molecule has 78 valence electrons. The van der Waals surface area contributed by atoms with Gasteiger partial charge in [-0.15, -0.1) is 11.3 Å². The number of carbonyl (C=O) groups excluding carboxylic acids is 1. The van der Waals surface area contributed by atoms with Gasteiger partial charge in [-0.05, 0) is 24.6 Å². The van der Waals surface area contributed by atoms with E-state index in [9.17, 15) is 4.79 Å². The zero-order valence-electron chi connectivity index (χ0n) is 8.20. The lowest BCUT2D eigenvalue weighted by atomic mass is 10.1. The fourth-order valence-corrected chi connectivity index (χ4v) is 2.55. The standard InChI is InChI=1S/C10H8ClNO2S/c1-5-3-6(9(13)14-2)4-7-8(5)12-10(11)15-7/h3-4H,1-2H3. The highest BCUT2D eigenvalue weighted by Crippen LogP contribution is 2.29. The SMILES string of the molecule is COC(=O)c1cc(C)c2nc(Cl)sc2c1. The molecule has 0 bridgehead atoms. The molecule has 5 heteroatoms. The lowest BCUT2D eigenvalue weighted by Crippen LogP contribution is -2.01. The number of carbonyl (C=O) groups is 1. The first-order valence-corrected chi connectivity index (χ1v) is 5.46. The molecule has 2 rings (SSSR count). The predicted octanol–water partition coefficient (Wildman–Crippen LogP) is 3.04. The van der Waals surface area contributed by atoms with Crippen LogP contribution in [-0.4, -0.2) is 18.1 Å². The number of thiazole rings is 1. The van der Waals surface area contributed by atoms with E-state index in [2.05, 4.69) is 9.72 Å². The minimum absolute atomic E-state index is 0.343. The van der Waals surface area contributed by atoms with Crippen molar-refractivity contribution in [3.63, 3.8) is 0 Å². The van der Waals surface area contributed by atoms with Gasteiger partial charge in [0.2, 0.25) is 0 Å². The number of methoxy groups -OCH3 is 1. The number of nitrogens with zero attached hydrogens (tertiary/aromatic N) is 1. The van der Waals surface area contributed by atoms with Crippen molar-refractivity contribution >= 4 is 39.1 Å². The Hall–Kier alpha value is -1.13. The number of fused-ring (bicyclic) bond motifs is 1. The molecule has 0 aliphatic rings. The predicted molar refractivity (Wildman–Crippen MR) is 60.7 cm³/mol. The van der Waals surface area contributed by atoms with Gasteiger partial charge in [-0.25, -0.2) is 9.78 Å². The number of halogens is 1. The molecule has 0 unspecified atom stereocenters. The summed E-state index contributed by atoms with van der Waals surface area (Å²) < 4.78 is 6.04. The molecule has 0 atom stereocenters. The van der Waals surface area contributed by atoms with E-state index in [1.54, 1.807) is 12.1 Å². The summed E-state index contributed by atoms with van der Waals surface area (Å²) in [4.78, 5) is 15.5. The summed E-state index contributed by atoms with van der Waals surface area (Å²) in [5.41, 5.74) is 2.30. The number of rotatable bonds is 1. The molecule has 15 heavy (non-hydrogen) atoms. The maximum absolute atomic E-state index is 11.3. The van der Waals surface area contributed by atoms with Crippen LogP contribution < -0.4 is 0 Å². The highest BCUT2D eigenvalue weighted by molar-refractivity contribution is 7.22. The van der Waals surface area contributed by atoms with E-state index >= 15 is 0 Å². The van der Waals surface area contributed by atoms with E-state index in [1.807, 2.05) is 6.92 Å². The van der Waals surface area contributed by atoms with Crippen molar-refractivity contribution in [2.45, 2.75) is 6.92 Å². The lowest BCUT2D eigenvalue weighted by Gasteiger charge is -2.00. The fraction of sp³-hybridized carbons (Fsp3) is 0.200. The van der Waals surface area contributed by atoms with Gasteiger partial charge in [-0.2, -0.15) is 0 Å². The Kier molecular flexibility index (Phi) is 2.63. The van der Waals surface area contributed by atoms with Gasteiger partial charge >= 0.3 is 5.97 Å². The summed E-state index contributed by atoms with van der Waals surface area (Å²) in [5.74, 6) is -0.343. The van der Waals surface area contributed by atoms with Crippen molar-refractivity contribution in [2.24, 2.45) is 0 Å². The molecular weight excluding hydrogens is 234 g/mol. The van der Waals surface area contributed by atoms with E-state index < -0.39 is 0 Å². The summed E-state index contributed by atoms with van der Waals surface area (Å²) in [6.45, 7) is 1.89.